The van der Waals surface area contributed by atoms with Gasteiger partial charge in [0.05, 0.1) is 23.3 Å². The van der Waals surface area contributed by atoms with E-state index in [2.05, 4.69) is 5.32 Å². The Balaban J connectivity index is 1.86. The van der Waals surface area contributed by atoms with Gasteiger partial charge in [-0.15, -0.1) is 0 Å². The van der Waals surface area contributed by atoms with Crippen LogP contribution in [-0.4, -0.2) is 41.2 Å². The number of benzene rings is 2. The van der Waals surface area contributed by atoms with Crippen molar-refractivity contribution in [2.75, 3.05) is 11.9 Å². The maximum atomic E-state index is 13.1. The van der Waals surface area contributed by atoms with Gasteiger partial charge in [-0.3, -0.25) is 19.3 Å². The van der Waals surface area contributed by atoms with E-state index >= 15 is 0 Å². The zero-order valence-electron chi connectivity index (χ0n) is 17.2. The molecule has 0 bridgehead atoms. The fourth-order valence-electron chi connectivity index (χ4n) is 3.43. The summed E-state index contributed by atoms with van der Waals surface area (Å²) in [4.78, 5) is 51.8. The summed E-state index contributed by atoms with van der Waals surface area (Å²) < 4.78 is 4.98. The Kier molecular flexibility index (Phi) is 6.30. The Morgan fingerprint density at radius 3 is 2.20 bits per heavy atom. The number of imide groups is 1. The predicted molar refractivity (Wildman–Crippen MR) is 111 cm³/mol. The second-order valence-corrected chi connectivity index (χ2v) is 7.46. The molecule has 1 aliphatic rings. The van der Waals surface area contributed by atoms with Gasteiger partial charge in [-0.2, -0.15) is 0 Å². The average Bonchev–Trinajstić information content (AvgIpc) is 2.97. The Hall–Kier alpha value is -3.48. The zero-order valence-corrected chi connectivity index (χ0v) is 17.2. The molecule has 0 unspecified atom stereocenters. The van der Waals surface area contributed by atoms with Crippen LogP contribution >= 0.6 is 0 Å². The minimum Gasteiger partial charge on any atom is -0.462 e. The second-order valence-electron chi connectivity index (χ2n) is 7.46. The van der Waals surface area contributed by atoms with E-state index in [1.807, 2.05) is 13.8 Å². The summed E-state index contributed by atoms with van der Waals surface area (Å²) in [6, 6.07) is 11.9. The van der Waals surface area contributed by atoms with E-state index in [0.717, 1.165) is 4.90 Å². The van der Waals surface area contributed by atoms with Crippen molar-refractivity contribution in [3.05, 3.63) is 65.2 Å². The highest BCUT2D eigenvalue weighted by molar-refractivity contribution is 6.23. The lowest BCUT2D eigenvalue weighted by Crippen LogP contribution is -2.47. The predicted octanol–water partition coefficient (Wildman–Crippen LogP) is 3.51. The second kappa shape index (κ2) is 8.90. The van der Waals surface area contributed by atoms with Gasteiger partial charge in [-0.25, -0.2) is 4.79 Å². The SMILES string of the molecule is CCOC(=O)c1cccc(NC(=O)[C@H](CC(C)C)N2C(=O)c3ccccc3C2=O)c1. The highest BCUT2D eigenvalue weighted by atomic mass is 16.5. The number of hydrogen-bond acceptors (Lipinski definition) is 5. The molecule has 2 aromatic carbocycles. The largest absolute Gasteiger partial charge is 0.462 e. The molecular weight excluding hydrogens is 384 g/mol. The number of amides is 3. The number of nitrogens with zero attached hydrogens (tertiary/aromatic N) is 1. The summed E-state index contributed by atoms with van der Waals surface area (Å²) in [6.45, 7) is 5.79. The third kappa shape index (κ3) is 4.25. The van der Waals surface area contributed by atoms with Crippen molar-refractivity contribution >= 4 is 29.4 Å². The fourth-order valence-corrected chi connectivity index (χ4v) is 3.43. The topological polar surface area (TPSA) is 92.8 Å². The maximum absolute atomic E-state index is 13.1. The first-order valence-electron chi connectivity index (χ1n) is 9.88. The molecule has 0 radical (unpaired) electrons. The Morgan fingerprint density at radius 1 is 1.00 bits per heavy atom. The molecule has 0 saturated carbocycles. The Morgan fingerprint density at radius 2 is 1.63 bits per heavy atom. The number of nitrogens with one attached hydrogen (secondary N) is 1. The van der Waals surface area contributed by atoms with Crippen LogP contribution in [0.1, 0.15) is 58.3 Å². The molecule has 1 N–H and O–H groups in total. The van der Waals surface area contributed by atoms with E-state index in [1.165, 1.54) is 6.07 Å². The van der Waals surface area contributed by atoms with Gasteiger partial charge in [0.25, 0.3) is 11.8 Å². The highest BCUT2D eigenvalue weighted by Gasteiger charge is 2.42. The number of carbonyl (C=O) groups excluding carboxylic acids is 4. The monoisotopic (exact) mass is 408 g/mol. The van der Waals surface area contributed by atoms with Gasteiger partial charge < -0.3 is 10.1 Å². The zero-order chi connectivity index (χ0) is 21.8. The summed E-state index contributed by atoms with van der Waals surface area (Å²) in [6.07, 6.45) is 0.314. The number of anilines is 1. The van der Waals surface area contributed by atoms with E-state index in [1.54, 1.807) is 49.4 Å². The molecular formula is C23H24N2O5. The van der Waals surface area contributed by atoms with Crippen molar-refractivity contribution in [2.24, 2.45) is 5.92 Å². The van der Waals surface area contributed by atoms with E-state index in [0.29, 0.717) is 28.8 Å². The van der Waals surface area contributed by atoms with Crippen LogP contribution in [0.4, 0.5) is 5.69 Å². The maximum Gasteiger partial charge on any atom is 0.338 e. The molecule has 1 heterocycles. The molecule has 7 heteroatoms. The fraction of sp³-hybridized carbons (Fsp3) is 0.304. The molecule has 2 aromatic rings. The first-order chi connectivity index (χ1) is 14.3. The quantitative estimate of drug-likeness (QED) is 0.559. The number of esters is 1. The molecule has 0 spiro atoms. The molecule has 7 nitrogen and oxygen atoms in total. The van der Waals surface area contributed by atoms with Crippen LogP contribution in [-0.2, 0) is 9.53 Å². The Bertz CT molecular complexity index is 964. The van der Waals surface area contributed by atoms with Crippen molar-refractivity contribution in [3.63, 3.8) is 0 Å². The van der Waals surface area contributed by atoms with E-state index in [4.69, 9.17) is 4.74 Å². The molecule has 1 aliphatic heterocycles. The molecule has 3 amide bonds. The standard InChI is InChI=1S/C23H24N2O5/c1-4-30-23(29)15-8-7-9-16(13-15)24-20(26)19(12-14(2)3)25-21(27)17-10-5-6-11-18(17)22(25)28/h5-11,13-14,19H,4,12H2,1-3H3,(H,24,26)/t19-/m0/s1. The highest BCUT2D eigenvalue weighted by Crippen LogP contribution is 2.27. The molecule has 0 saturated heterocycles. The minimum atomic E-state index is -0.969. The van der Waals surface area contributed by atoms with Crippen LogP contribution in [0.15, 0.2) is 48.5 Å². The molecule has 0 fully saturated rings. The van der Waals surface area contributed by atoms with Crippen LogP contribution in [0.5, 0.6) is 0 Å². The van der Waals surface area contributed by atoms with Gasteiger partial charge in [0, 0.05) is 5.69 Å². The van der Waals surface area contributed by atoms with Gasteiger partial charge in [0.15, 0.2) is 0 Å². The first-order valence-corrected chi connectivity index (χ1v) is 9.88. The number of ether oxygens (including phenoxy) is 1. The smallest absolute Gasteiger partial charge is 0.338 e. The van der Waals surface area contributed by atoms with Gasteiger partial charge in [-0.05, 0) is 49.6 Å². The van der Waals surface area contributed by atoms with Crippen molar-refractivity contribution in [1.82, 2.24) is 4.90 Å². The summed E-state index contributed by atoms with van der Waals surface area (Å²) >= 11 is 0. The lowest BCUT2D eigenvalue weighted by atomic mass is 10.0. The van der Waals surface area contributed by atoms with Gasteiger partial charge in [-0.1, -0.05) is 32.0 Å². The summed E-state index contributed by atoms with van der Waals surface area (Å²) in [5, 5.41) is 2.74. The van der Waals surface area contributed by atoms with E-state index in [9.17, 15) is 19.2 Å². The van der Waals surface area contributed by atoms with Crippen LogP contribution in [0.25, 0.3) is 0 Å². The third-order valence-corrected chi connectivity index (χ3v) is 4.78. The molecule has 156 valence electrons. The van der Waals surface area contributed by atoms with Crippen LogP contribution in [0.2, 0.25) is 0 Å². The third-order valence-electron chi connectivity index (χ3n) is 4.78. The molecule has 3 rings (SSSR count). The normalized spacial score (nSPS) is 13.9. The van der Waals surface area contributed by atoms with Crippen molar-refractivity contribution < 1.29 is 23.9 Å². The first kappa shape index (κ1) is 21.2. The molecule has 0 aliphatic carbocycles. The van der Waals surface area contributed by atoms with E-state index < -0.39 is 29.7 Å². The van der Waals surface area contributed by atoms with Crippen LogP contribution in [0.3, 0.4) is 0 Å². The van der Waals surface area contributed by atoms with Crippen LogP contribution < -0.4 is 5.32 Å². The number of hydrogen-bond donors (Lipinski definition) is 1. The molecule has 30 heavy (non-hydrogen) atoms. The Labute approximate surface area is 175 Å². The van der Waals surface area contributed by atoms with E-state index in [-0.39, 0.29) is 12.5 Å². The number of carbonyl (C=O) groups is 4. The van der Waals surface area contributed by atoms with Crippen LogP contribution in [0, 0.1) is 5.92 Å². The minimum absolute atomic E-state index is 0.0657. The lowest BCUT2D eigenvalue weighted by molar-refractivity contribution is -0.120. The van der Waals surface area contributed by atoms with Crippen molar-refractivity contribution in [2.45, 2.75) is 33.2 Å². The van der Waals surface area contributed by atoms with Gasteiger partial charge >= 0.3 is 5.97 Å². The number of fused-ring (bicyclic) bond motifs is 1. The van der Waals surface area contributed by atoms with Crippen molar-refractivity contribution in [3.8, 4) is 0 Å². The molecule has 1 atom stereocenters. The summed E-state index contributed by atoms with van der Waals surface area (Å²) in [7, 11) is 0. The summed E-state index contributed by atoms with van der Waals surface area (Å²) in [5.74, 6) is -1.86. The lowest BCUT2D eigenvalue weighted by Gasteiger charge is -2.26. The van der Waals surface area contributed by atoms with Crippen molar-refractivity contribution in [1.29, 1.82) is 0 Å². The number of rotatable bonds is 7. The summed E-state index contributed by atoms with van der Waals surface area (Å²) in [5.41, 5.74) is 1.29. The molecule has 0 aromatic heterocycles. The van der Waals surface area contributed by atoms with Gasteiger partial charge in [0.2, 0.25) is 5.91 Å². The van der Waals surface area contributed by atoms with Gasteiger partial charge in [0.1, 0.15) is 6.04 Å². The average molecular weight is 408 g/mol.